The van der Waals surface area contributed by atoms with Crippen LogP contribution in [0.2, 0.25) is 0 Å². The molecule has 0 fully saturated rings. The summed E-state index contributed by atoms with van der Waals surface area (Å²) < 4.78 is 9.63. The monoisotopic (exact) mass is 172 g/mol. The van der Waals surface area contributed by atoms with Gasteiger partial charge in [0.05, 0.1) is 13.2 Å². The molecule has 5 nitrogen and oxygen atoms in total. The summed E-state index contributed by atoms with van der Waals surface area (Å²) in [4.78, 5) is 0. The van der Waals surface area contributed by atoms with Crippen LogP contribution in [0.3, 0.4) is 0 Å². The molecule has 0 spiro atoms. The molecule has 5 heteroatoms. The molecule has 0 saturated carbocycles. The van der Waals surface area contributed by atoms with Gasteiger partial charge in [0.15, 0.2) is 0 Å². The van der Waals surface area contributed by atoms with E-state index in [1.54, 1.807) is 6.07 Å². The van der Waals surface area contributed by atoms with Crippen molar-refractivity contribution in [3.63, 3.8) is 0 Å². The van der Waals surface area contributed by atoms with Crippen LogP contribution >= 0.6 is 0 Å². The van der Waals surface area contributed by atoms with Crippen molar-refractivity contribution in [1.82, 2.24) is 5.16 Å². The summed E-state index contributed by atoms with van der Waals surface area (Å²) in [5.41, 5.74) is 5.22. The van der Waals surface area contributed by atoms with E-state index in [-0.39, 0.29) is 6.54 Å². The Morgan fingerprint density at radius 1 is 1.83 bits per heavy atom. The minimum absolute atomic E-state index is 0.211. The Balaban J connectivity index is 2.52. The van der Waals surface area contributed by atoms with E-state index in [2.05, 4.69) is 5.16 Å². The van der Waals surface area contributed by atoms with E-state index >= 15 is 0 Å². The number of rotatable bonds is 4. The molecule has 12 heavy (non-hydrogen) atoms. The Hall–Kier alpha value is -1.07. The number of ether oxygens (including phenoxy) is 1. The van der Waals surface area contributed by atoms with E-state index in [9.17, 15) is 0 Å². The molecule has 0 radical (unpaired) electrons. The van der Waals surface area contributed by atoms with Gasteiger partial charge in [-0.05, 0) is 5.16 Å². The number of nitrogens with zero attached hydrogens (tertiary/aromatic N) is 1. The molecule has 0 saturated heterocycles. The summed E-state index contributed by atoms with van der Waals surface area (Å²) in [5, 5.41) is 12.7. The molecule has 1 rings (SSSR count). The molecule has 1 atom stereocenters. The van der Waals surface area contributed by atoms with E-state index in [1.165, 1.54) is 7.11 Å². The summed E-state index contributed by atoms with van der Waals surface area (Å²) in [7, 11) is 1.50. The maximum absolute atomic E-state index is 9.14. The van der Waals surface area contributed by atoms with Gasteiger partial charge in [0, 0.05) is 19.0 Å². The second-order valence-corrected chi connectivity index (χ2v) is 2.43. The smallest absolute Gasteiger partial charge is 0.254 e. The van der Waals surface area contributed by atoms with Crippen molar-refractivity contribution in [2.75, 3.05) is 13.7 Å². The summed E-state index contributed by atoms with van der Waals surface area (Å²) in [5.74, 6) is 0.985. The Kier molecular flexibility index (Phi) is 3.07. The largest absolute Gasteiger partial charge is 0.479 e. The van der Waals surface area contributed by atoms with Crippen molar-refractivity contribution in [2.45, 2.75) is 12.5 Å². The van der Waals surface area contributed by atoms with Crippen molar-refractivity contribution >= 4 is 0 Å². The van der Waals surface area contributed by atoms with Crippen LogP contribution in [-0.4, -0.2) is 30.0 Å². The number of aliphatic hydroxyl groups is 1. The Bertz CT molecular complexity index is 236. The highest BCUT2D eigenvalue weighted by Gasteiger charge is 2.08. The second kappa shape index (κ2) is 4.08. The van der Waals surface area contributed by atoms with Gasteiger partial charge in [0.2, 0.25) is 0 Å². The van der Waals surface area contributed by atoms with Crippen molar-refractivity contribution in [3.8, 4) is 5.88 Å². The molecule has 0 amide bonds. The van der Waals surface area contributed by atoms with Crippen LogP contribution in [0.5, 0.6) is 5.88 Å². The van der Waals surface area contributed by atoms with Crippen LogP contribution < -0.4 is 10.5 Å². The molecular formula is C7H12N2O3. The molecule has 0 aromatic carbocycles. The highest BCUT2D eigenvalue weighted by molar-refractivity contribution is 5.11. The van der Waals surface area contributed by atoms with Crippen LogP contribution in [0, 0.1) is 0 Å². The minimum Gasteiger partial charge on any atom is -0.479 e. The number of hydrogen-bond donors (Lipinski definition) is 2. The van der Waals surface area contributed by atoms with E-state index < -0.39 is 6.10 Å². The number of hydrogen-bond acceptors (Lipinski definition) is 5. The van der Waals surface area contributed by atoms with E-state index in [0.717, 1.165) is 0 Å². The van der Waals surface area contributed by atoms with Gasteiger partial charge in [-0.15, -0.1) is 0 Å². The highest BCUT2D eigenvalue weighted by atomic mass is 16.5. The topological polar surface area (TPSA) is 81.5 Å². The van der Waals surface area contributed by atoms with E-state index in [0.29, 0.717) is 18.1 Å². The standard InChI is InChI=1S/C7H12N2O3/c1-11-7-3-6(12-9-7)2-5(10)4-8/h3,5,10H,2,4,8H2,1H3. The SMILES string of the molecule is COc1cc(CC(O)CN)on1. The van der Waals surface area contributed by atoms with Crippen LogP contribution in [0.4, 0.5) is 0 Å². The fourth-order valence-corrected chi connectivity index (χ4v) is 0.802. The third-order valence-electron chi connectivity index (χ3n) is 1.46. The van der Waals surface area contributed by atoms with Crippen molar-refractivity contribution < 1.29 is 14.4 Å². The van der Waals surface area contributed by atoms with Gasteiger partial charge in [-0.25, -0.2) is 0 Å². The third-order valence-corrected chi connectivity index (χ3v) is 1.46. The first-order valence-electron chi connectivity index (χ1n) is 3.64. The molecule has 0 aliphatic carbocycles. The fraction of sp³-hybridized carbons (Fsp3) is 0.571. The molecule has 3 N–H and O–H groups in total. The van der Waals surface area contributed by atoms with Gasteiger partial charge in [-0.2, -0.15) is 0 Å². The van der Waals surface area contributed by atoms with Crippen molar-refractivity contribution in [3.05, 3.63) is 11.8 Å². The first kappa shape index (κ1) is 9.02. The summed E-state index contributed by atoms with van der Waals surface area (Å²) in [6, 6.07) is 1.62. The molecular weight excluding hydrogens is 160 g/mol. The third kappa shape index (κ3) is 2.21. The molecule has 1 aromatic heterocycles. The first-order valence-corrected chi connectivity index (χ1v) is 3.64. The van der Waals surface area contributed by atoms with Crippen LogP contribution in [-0.2, 0) is 6.42 Å². The zero-order valence-corrected chi connectivity index (χ0v) is 6.86. The summed E-state index contributed by atoms with van der Waals surface area (Å²) in [6.45, 7) is 0.211. The van der Waals surface area contributed by atoms with E-state index in [1.807, 2.05) is 0 Å². The van der Waals surface area contributed by atoms with Gasteiger partial charge in [-0.3, -0.25) is 0 Å². The second-order valence-electron chi connectivity index (χ2n) is 2.43. The number of aliphatic hydroxyl groups excluding tert-OH is 1. The quantitative estimate of drug-likeness (QED) is 0.642. The zero-order chi connectivity index (χ0) is 8.97. The predicted octanol–water partition coefficient (Wildman–Crippen LogP) is -0.455. The lowest BCUT2D eigenvalue weighted by Gasteiger charge is -2.01. The van der Waals surface area contributed by atoms with Gasteiger partial charge in [0.25, 0.3) is 5.88 Å². The van der Waals surface area contributed by atoms with Gasteiger partial charge in [-0.1, -0.05) is 0 Å². The Labute approximate surface area is 70.1 Å². The lowest BCUT2D eigenvalue weighted by Crippen LogP contribution is -2.21. The zero-order valence-electron chi connectivity index (χ0n) is 6.86. The van der Waals surface area contributed by atoms with Crippen molar-refractivity contribution in [1.29, 1.82) is 0 Å². The van der Waals surface area contributed by atoms with Gasteiger partial charge in [0.1, 0.15) is 5.76 Å². The number of methoxy groups -OCH3 is 1. The van der Waals surface area contributed by atoms with Gasteiger partial charge < -0.3 is 20.1 Å². The Morgan fingerprint density at radius 3 is 3.08 bits per heavy atom. The molecule has 0 aliphatic heterocycles. The summed E-state index contributed by atoms with van der Waals surface area (Å²) in [6.07, 6.45) is -0.213. The predicted molar refractivity (Wildman–Crippen MR) is 41.8 cm³/mol. The number of aromatic nitrogens is 1. The minimum atomic E-state index is -0.581. The van der Waals surface area contributed by atoms with Crippen molar-refractivity contribution in [2.24, 2.45) is 5.73 Å². The van der Waals surface area contributed by atoms with Gasteiger partial charge >= 0.3 is 0 Å². The van der Waals surface area contributed by atoms with Crippen LogP contribution in [0.15, 0.2) is 10.6 Å². The van der Waals surface area contributed by atoms with Crippen LogP contribution in [0.1, 0.15) is 5.76 Å². The van der Waals surface area contributed by atoms with Crippen LogP contribution in [0.25, 0.3) is 0 Å². The normalized spacial score (nSPS) is 12.9. The molecule has 68 valence electrons. The first-order chi connectivity index (χ1) is 5.76. The maximum atomic E-state index is 9.14. The molecule has 1 unspecified atom stereocenters. The lowest BCUT2D eigenvalue weighted by atomic mass is 10.2. The number of nitrogens with two attached hydrogens (primary N) is 1. The molecule has 1 heterocycles. The molecule has 1 aromatic rings. The Morgan fingerprint density at radius 2 is 2.58 bits per heavy atom. The molecule has 0 bridgehead atoms. The average Bonchev–Trinajstić information content (AvgIpc) is 2.52. The highest BCUT2D eigenvalue weighted by Crippen LogP contribution is 2.11. The molecule has 0 aliphatic rings. The summed E-state index contributed by atoms with van der Waals surface area (Å²) >= 11 is 0. The average molecular weight is 172 g/mol. The lowest BCUT2D eigenvalue weighted by molar-refractivity contribution is 0.171. The van der Waals surface area contributed by atoms with E-state index in [4.69, 9.17) is 20.1 Å². The maximum Gasteiger partial charge on any atom is 0.254 e. The fourth-order valence-electron chi connectivity index (χ4n) is 0.802.